The molecule has 188 valence electrons. The smallest absolute Gasteiger partial charge is 0.261 e. The van der Waals surface area contributed by atoms with Crippen molar-refractivity contribution in [1.82, 2.24) is 15.0 Å². The molecule has 3 heterocycles. The zero-order valence-corrected chi connectivity index (χ0v) is 22.1. The van der Waals surface area contributed by atoms with Crippen molar-refractivity contribution in [2.24, 2.45) is 0 Å². The molecule has 1 aliphatic rings. The number of ether oxygens (including phenoxy) is 1. The molecule has 0 spiro atoms. The van der Waals surface area contributed by atoms with E-state index in [2.05, 4.69) is 55.2 Å². The predicted octanol–water partition coefficient (Wildman–Crippen LogP) is 4.67. The van der Waals surface area contributed by atoms with Gasteiger partial charge < -0.3 is 30.0 Å². The van der Waals surface area contributed by atoms with E-state index in [1.807, 2.05) is 32.0 Å². The van der Waals surface area contributed by atoms with Crippen LogP contribution in [0.4, 0.5) is 11.4 Å². The number of morpholine rings is 1. The fraction of sp³-hybridized carbons (Fsp3) is 0.333. The van der Waals surface area contributed by atoms with E-state index in [4.69, 9.17) is 9.72 Å². The summed E-state index contributed by atoms with van der Waals surface area (Å²) < 4.78 is 6.63. The quantitative estimate of drug-likeness (QED) is 0.277. The first-order valence-electron chi connectivity index (χ1n) is 12.1. The number of pyridine rings is 1. The van der Waals surface area contributed by atoms with Gasteiger partial charge in [0, 0.05) is 36.0 Å². The average Bonchev–Trinajstić information content (AvgIpc) is 3.28. The van der Waals surface area contributed by atoms with Crippen LogP contribution in [0.5, 0.6) is 0 Å². The van der Waals surface area contributed by atoms with Crippen molar-refractivity contribution in [2.75, 3.05) is 36.5 Å². The summed E-state index contributed by atoms with van der Waals surface area (Å²) in [5.41, 5.74) is 6.48. The first-order valence-corrected chi connectivity index (χ1v) is 12.9. The highest BCUT2D eigenvalue weighted by molar-refractivity contribution is 9.10. The number of hydrogen-bond donors (Lipinski definition) is 4. The van der Waals surface area contributed by atoms with Gasteiger partial charge in [-0.2, -0.15) is 0 Å². The van der Waals surface area contributed by atoms with Crippen molar-refractivity contribution in [1.29, 1.82) is 0 Å². The number of H-pyrrole nitrogens is 2. The third-order valence-electron chi connectivity index (χ3n) is 6.63. The number of aliphatic hydroxyl groups is 1. The molecule has 0 aliphatic carbocycles. The number of aliphatic hydroxyl groups excluding tert-OH is 1. The number of imidazole rings is 1. The maximum absolute atomic E-state index is 12.9. The van der Waals surface area contributed by atoms with Crippen LogP contribution in [0.2, 0.25) is 0 Å². The zero-order chi connectivity index (χ0) is 25.4. The number of halogens is 1. The molecule has 0 radical (unpaired) electrons. The van der Waals surface area contributed by atoms with Gasteiger partial charge in [0.1, 0.15) is 11.4 Å². The molecule has 1 aliphatic heterocycles. The molecule has 0 bridgehead atoms. The van der Waals surface area contributed by atoms with Crippen molar-refractivity contribution in [3.8, 4) is 11.4 Å². The molecule has 8 nitrogen and oxygen atoms in total. The summed E-state index contributed by atoms with van der Waals surface area (Å²) >= 11 is 3.52. The molecular weight excluding hydrogens is 522 g/mol. The number of nitrogens with one attached hydrogen (secondary N) is 3. The fourth-order valence-electron chi connectivity index (χ4n) is 4.63. The van der Waals surface area contributed by atoms with Crippen molar-refractivity contribution in [3.05, 3.63) is 74.1 Å². The minimum atomic E-state index is -0.745. The fourth-order valence-corrected chi connectivity index (χ4v) is 5.02. The van der Waals surface area contributed by atoms with Gasteiger partial charge in [0.2, 0.25) is 0 Å². The van der Waals surface area contributed by atoms with Gasteiger partial charge in [0.05, 0.1) is 35.5 Å². The highest BCUT2D eigenvalue weighted by Gasteiger charge is 2.20. The van der Waals surface area contributed by atoms with E-state index in [0.717, 1.165) is 51.0 Å². The first kappa shape index (κ1) is 24.5. The van der Waals surface area contributed by atoms with Gasteiger partial charge in [-0.3, -0.25) is 4.79 Å². The van der Waals surface area contributed by atoms with E-state index >= 15 is 0 Å². The SMILES string of the molecule is Cc1ccc(C(O)CNc2cc[nH]c(=O)c2-c2nc3c(C)cc(N4CCOC(C)C4)cc3[nH]2)cc1Br. The molecule has 5 rings (SSSR count). The Morgan fingerprint density at radius 1 is 1.25 bits per heavy atom. The summed E-state index contributed by atoms with van der Waals surface area (Å²) in [6.07, 6.45) is 1.03. The van der Waals surface area contributed by atoms with E-state index in [1.165, 1.54) is 0 Å². The standard InChI is InChI=1S/C27H30BrN5O3/c1-15-4-5-18(11-20(15)28)23(34)13-30-21-6-7-29-27(35)24(21)26-31-22-12-19(10-16(2)25(22)32-26)33-8-9-36-17(3)14-33/h4-7,10-12,17,23,34H,8-9,13-14H2,1-3H3,(H,31,32)(H2,29,30,35). The maximum Gasteiger partial charge on any atom is 0.261 e. The largest absolute Gasteiger partial charge is 0.387 e. The van der Waals surface area contributed by atoms with E-state index in [0.29, 0.717) is 23.7 Å². The van der Waals surface area contributed by atoms with Crippen LogP contribution in [-0.4, -0.2) is 52.4 Å². The summed E-state index contributed by atoms with van der Waals surface area (Å²) in [5, 5.41) is 14.0. The lowest BCUT2D eigenvalue weighted by Gasteiger charge is -2.33. The van der Waals surface area contributed by atoms with Crippen LogP contribution < -0.4 is 15.8 Å². The van der Waals surface area contributed by atoms with Crippen LogP contribution in [-0.2, 0) is 4.74 Å². The first-order chi connectivity index (χ1) is 17.3. The number of rotatable bonds is 6. The zero-order valence-electron chi connectivity index (χ0n) is 20.6. The molecule has 9 heteroatoms. The Bertz CT molecular complexity index is 1460. The molecule has 0 amide bonds. The summed E-state index contributed by atoms with van der Waals surface area (Å²) in [5.74, 6) is 0.484. The number of aryl methyl sites for hydroxylation is 2. The second-order valence-corrected chi connectivity index (χ2v) is 10.2. The Morgan fingerprint density at radius 3 is 2.86 bits per heavy atom. The van der Waals surface area contributed by atoms with Gasteiger partial charge in [0.15, 0.2) is 0 Å². The predicted molar refractivity (Wildman–Crippen MR) is 147 cm³/mol. The van der Waals surface area contributed by atoms with Crippen LogP contribution >= 0.6 is 15.9 Å². The van der Waals surface area contributed by atoms with Crippen LogP contribution in [0.3, 0.4) is 0 Å². The highest BCUT2D eigenvalue weighted by Crippen LogP contribution is 2.30. The molecule has 2 unspecified atom stereocenters. The van der Waals surface area contributed by atoms with E-state index < -0.39 is 6.10 Å². The Kier molecular flexibility index (Phi) is 6.87. The lowest BCUT2D eigenvalue weighted by Crippen LogP contribution is -2.41. The molecule has 36 heavy (non-hydrogen) atoms. The maximum atomic E-state index is 12.9. The number of hydrogen-bond acceptors (Lipinski definition) is 6. The Balaban J connectivity index is 1.44. The van der Waals surface area contributed by atoms with E-state index in [1.54, 1.807) is 12.3 Å². The number of fused-ring (bicyclic) bond motifs is 1. The van der Waals surface area contributed by atoms with Crippen molar-refractivity contribution in [2.45, 2.75) is 33.0 Å². The Labute approximate surface area is 217 Å². The molecule has 2 aromatic carbocycles. The molecular formula is C27H30BrN5O3. The second-order valence-electron chi connectivity index (χ2n) is 9.37. The van der Waals surface area contributed by atoms with Crippen molar-refractivity contribution >= 4 is 38.3 Å². The van der Waals surface area contributed by atoms with E-state index in [9.17, 15) is 9.90 Å². The highest BCUT2D eigenvalue weighted by atomic mass is 79.9. The van der Waals surface area contributed by atoms with Gasteiger partial charge in [0.25, 0.3) is 5.56 Å². The minimum Gasteiger partial charge on any atom is -0.387 e. The summed E-state index contributed by atoms with van der Waals surface area (Å²) in [6, 6.07) is 11.8. The van der Waals surface area contributed by atoms with Crippen molar-refractivity contribution in [3.63, 3.8) is 0 Å². The third kappa shape index (κ3) is 4.91. The molecule has 4 N–H and O–H groups in total. The molecule has 1 fully saturated rings. The lowest BCUT2D eigenvalue weighted by molar-refractivity contribution is 0.0532. The molecule has 2 atom stereocenters. The van der Waals surface area contributed by atoms with Crippen LogP contribution in [0.1, 0.15) is 29.7 Å². The lowest BCUT2D eigenvalue weighted by atomic mass is 10.1. The average molecular weight is 552 g/mol. The van der Waals surface area contributed by atoms with Crippen LogP contribution in [0.15, 0.2) is 51.9 Å². The Morgan fingerprint density at radius 2 is 2.08 bits per heavy atom. The van der Waals surface area contributed by atoms with Gasteiger partial charge in [-0.05, 0) is 61.7 Å². The van der Waals surface area contributed by atoms with Crippen LogP contribution in [0, 0.1) is 13.8 Å². The van der Waals surface area contributed by atoms with Gasteiger partial charge in [-0.15, -0.1) is 0 Å². The number of nitrogens with zero attached hydrogens (tertiary/aromatic N) is 2. The summed E-state index contributed by atoms with van der Waals surface area (Å²) in [4.78, 5) is 26.1. The normalized spacial score (nSPS) is 16.9. The summed E-state index contributed by atoms with van der Waals surface area (Å²) in [6.45, 7) is 8.72. The number of benzene rings is 2. The monoisotopic (exact) mass is 551 g/mol. The molecule has 2 aromatic heterocycles. The second kappa shape index (κ2) is 10.1. The van der Waals surface area contributed by atoms with Gasteiger partial charge >= 0.3 is 0 Å². The third-order valence-corrected chi connectivity index (χ3v) is 7.49. The Hall–Kier alpha value is -3.14. The van der Waals surface area contributed by atoms with E-state index in [-0.39, 0.29) is 18.2 Å². The van der Waals surface area contributed by atoms with Gasteiger partial charge in [-0.25, -0.2) is 4.98 Å². The molecule has 0 saturated carbocycles. The molecule has 4 aromatic rings. The van der Waals surface area contributed by atoms with Crippen LogP contribution in [0.25, 0.3) is 22.4 Å². The van der Waals surface area contributed by atoms with Crippen molar-refractivity contribution < 1.29 is 9.84 Å². The number of aromatic nitrogens is 3. The number of anilines is 2. The number of aromatic amines is 2. The minimum absolute atomic E-state index is 0.181. The molecule has 1 saturated heterocycles. The summed E-state index contributed by atoms with van der Waals surface area (Å²) in [7, 11) is 0. The van der Waals surface area contributed by atoms with Gasteiger partial charge in [-0.1, -0.05) is 28.1 Å². The topological polar surface area (TPSA) is 106 Å².